The van der Waals surface area contributed by atoms with Gasteiger partial charge in [-0.2, -0.15) is 0 Å². The molecule has 5 nitrogen and oxygen atoms in total. The molecule has 54 heavy (non-hydrogen) atoms. The van der Waals surface area contributed by atoms with Gasteiger partial charge in [-0.1, -0.05) is 76.2 Å². The standard InChI is InChI=1S/C49H51N3O2/c1-8-34-15-21-38(22-16-34)50(39-23-17-35(9-2)18-24-39)42-27-29-46-44(32-42)45-33-43(28-30-47(45)52(46)48(53)54-49(5,6)7)51(40-25-19-36(10-3)20-26-40)41-14-12-13-37(11-4)31-41/h12-33H,8-11H2,1-7H3. The van der Waals surface area contributed by atoms with Gasteiger partial charge in [0.15, 0.2) is 0 Å². The molecule has 0 bridgehead atoms. The number of carbonyl (C=O) groups is 1. The maximum atomic E-state index is 14.0. The third kappa shape index (κ3) is 7.36. The molecular weight excluding hydrogens is 663 g/mol. The molecule has 7 aromatic rings. The van der Waals surface area contributed by atoms with E-state index >= 15 is 0 Å². The average Bonchev–Trinajstić information content (AvgIpc) is 3.51. The quantitative estimate of drug-likeness (QED) is 0.141. The topological polar surface area (TPSA) is 37.7 Å². The van der Waals surface area contributed by atoms with E-state index in [2.05, 4.69) is 171 Å². The first-order chi connectivity index (χ1) is 26.1. The molecule has 0 aliphatic rings. The summed E-state index contributed by atoms with van der Waals surface area (Å²) < 4.78 is 7.76. The van der Waals surface area contributed by atoms with Crippen LogP contribution < -0.4 is 9.80 Å². The third-order valence-electron chi connectivity index (χ3n) is 10.2. The van der Waals surface area contributed by atoms with Crippen molar-refractivity contribution in [1.29, 1.82) is 0 Å². The van der Waals surface area contributed by atoms with Gasteiger partial charge in [0, 0.05) is 44.9 Å². The highest BCUT2D eigenvalue weighted by Gasteiger charge is 2.25. The molecule has 0 N–H and O–H groups in total. The Morgan fingerprint density at radius 1 is 0.481 bits per heavy atom. The number of fused-ring (bicyclic) bond motifs is 3. The fraction of sp³-hybridized carbons (Fsp3) is 0.245. The Balaban J connectivity index is 1.47. The average molecular weight is 714 g/mol. The molecule has 0 saturated carbocycles. The van der Waals surface area contributed by atoms with Crippen LogP contribution in [0.15, 0.2) is 133 Å². The third-order valence-corrected chi connectivity index (χ3v) is 10.2. The maximum absolute atomic E-state index is 14.0. The van der Waals surface area contributed by atoms with Gasteiger partial charge in [0.2, 0.25) is 0 Å². The molecule has 0 spiro atoms. The molecule has 0 radical (unpaired) electrons. The second kappa shape index (κ2) is 15.3. The molecule has 0 aliphatic carbocycles. The van der Waals surface area contributed by atoms with Crippen molar-refractivity contribution in [1.82, 2.24) is 4.57 Å². The van der Waals surface area contributed by atoms with E-state index in [1.165, 1.54) is 22.3 Å². The molecule has 0 amide bonds. The first-order valence-corrected chi connectivity index (χ1v) is 19.4. The van der Waals surface area contributed by atoms with E-state index in [9.17, 15) is 4.79 Å². The normalized spacial score (nSPS) is 11.6. The minimum absolute atomic E-state index is 0.396. The summed E-state index contributed by atoms with van der Waals surface area (Å²) in [7, 11) is 0. The molecule has 5 heteroatoms. The lowest BCUT2D eigenvalue weighted by atomic mass is 10.1. The molecule has 6 aromatic carbocycles. The molecule has 0 saturated heterocycles. The van der Waals surface area contributed by atoms with Gasteiger partial charge in [0.05, 0.1) is 11.0 Å². The second-order valence-electron chi connectivity index (χ2n) is 15.0. The Kier molecular flexibility index (Phi) is 10.3. The minimum atomic E-state index is -0.655. The van der Waals surface area contributed by atoms with Gasteiger partial charge in [-0.15, -0.1) is 0 Å². The Morgan fingerprint density at radius 2 is 0.852 bits per heavy atom. The smallest absolute Gasteiger partial charge is 0.419 e. The van der Waals surface area contributed by atoms with Crippen molar-refractivity contribution >= 4 is 62.0 Å². The predicted octanol–water partition coefficient (Wildman–Crippen LogP) is 13.8. The highest BCUT2D eigenvalue weighted by atomic mass is 16.6. The van der Waals surface area contributed by atoms with Crippen molar-refractivity contribution in [2.24, 2.45) is 0 Å². The van der Waals surface area contributed by atoms with Crippen LogP contribution in [0.3, 0.4) is 0 Å². The van der Waals surface area contributed by atoms with E-state index in [1.807, 2.05) is 20.8 Å². The van der Waals surface area contributed by atoms with Gasteiger partial charge in [-0.3, -0.25) is 0 Å². The zero-order chi connectivity index (χ0) is 38.0. The monoisotopic (exact) mass is 713 g/mol. The van der Waals surface area contributed by atoms with Crippen molar-refractivity contribution in [3.05, 3.63) is 156 Å². The lowest BCUT2D eigenvalue weighted by Crippen LogP contribution is -2.27. The van der Waals surface area contributed by atoms with Crippen LogP contribution in [0.1, 0.15) is 70.7 Å². The van der Waals surface area contributed by atoms with Crippen LogP contribution in [0, 0.1) is 0 Å². The first kappa shape index (κ1) is 36.5. The number of hydrogen-bond donors (Lipinski definition) is 0. The number of benzene rings is 6. The molecule has 0 atom stereocenters. The summed E-state index contributed by atoms with van der Waals surface area (Å²) in [6.45, 7) is 14.5. The van der Waals surface area contributed by atoms with Gasteiger partial charge in [0.25, 0.3) is 0 Å². The van der Waals surface area contributed by atoms with Crippen LogP contribution in [0.25, 0.3) is 21.8 Å². The van der Waals surface area contributed by atoms with Gasteiger partial charge in [-0.05, 0) is 154 Å². The number of carbonyl (C=O) groups excluding carboxylic acids is 1. The molecule has 1 heterocycles. The fourth-order valence-corrected chi connectivity index (χ4v) is 7.23. The lowest BCUT2D eigenvalue weighted by molar-refractivity contribution is 0.0551. The number of rotatable bonds is 10. The van der Waals surface area contributed by atoms with Gasteiger partial charge in [0.1, 0.15) is 5.60 Å². The zero-order valence-electron chi connectivity index (χ0n) is 32.7. The zero-order valence-corrected chi connectivity index (χ0v) is 32.7. The maximum Gasteiger partial charge on any atom is 0.419 e. The summed E-state index contributed by atoms with van der Waals surface area (Å²) in [6, 6.07) is 48.0. The molecule has 1 aromatic heterocycles. The summed E-state index contributed by atoms with van der Waals surface area (Å²) in [6.07, 6.45) is 3.49. The first-order valence-electron chi connectivity index (χ1n) is 19.4. The van der Waals surface area contributed by atoms with Crippen LogP contribution in [0.4, 0.5) is 38.9 Å². The van der Waals surface area contributed by atoms with E-state index < -0.39 is 11.7 Å². The summed E-state index contributed by atoms with van der Waals surface area (Å²) in [5, 5.41) is 1.94. The minimum Gasteiger partial charge on any atom is -0.443 e. The van der Waals surface area contributed by atoms with Crippen LogP contribution in [-0.2, 0) is 30.4 Å². The van der Waals surface area contributed by atoms with E-state index in [4.69, 9.17) is 4.74 Å². The fourth-order valence-electron chi connectivity index (χ4n) is 7.23. The number of aromatic nitrogens is 1. The molecule has 0 aliphatic heterocycles. The SMILES string of the molecule is CCc1ccc(N(c2ccc(CC)cc2)c2ccc3c(c2)c2cc(N(c4ccc(CC)cc4)c4cccc(CC)c4)ccc2n3C(=O)OC(C)(C)C)cc1. The summed E-state index contributed by atoms with van der Waals surface area (Å²) in [4.78, 5) is 18.7. The lowest BCUT2D eigenvalue weighted by Gasteiger charge is -2.26. The summed E-state index contributed by atoms with van der Waals surface area (Å²) >= 11 is 0. The van der Waals surface area contributed by atoms with Crippen LogP contribution in [0.2, 0.25) is 0 Å². The van der Waals surface area contributed by atoms with Crippen molar-refractivity contribution in [3.63, 3.8) is 0 Å². The predicted molar refractivity (Wildman–Crippen MR) is 228 cm³/mol. The van der Waals surface area contributed by atoms with Crippen LogP contribution >= 0.6 is 0 Å². The van der Waals surface area contributed by atoms with Crippen molar-refractivity contribution in [2.45, 2.75) is 79.8 Å². The summed E-state index contributed by atoms with van der Waals surface area (Å²) in [5.41, 5.74) is 12.4. The van der Waals surface area contributed by atoms with Gasteiger partial charge < -0.3 is 14.5 Å². The molecule has 274 valence electrons. The number of aryl methyl sites for hydroxylation is 4. The Hall–Kier alpha value is -5.81. The molecule has 0 unspecified atom stereocenters. The van der Waals surface area contributed by atoms with Crippen LogP contribution in [0.5, 0.6) is 0 Å². The molecule has 0 fully saturated rings. The molecule has 7 rings (SSSR count). The van der Waals surface area contributed by atoms with Crippen molar-refractivity contribution in [3.8, 4) is 0 Å². The van der Waals surface area contributed by atoms with E-state index in [0.717, 1.165) is 81.6 Å². The summed E-state index contributed by atoms with van der Waals surface area (Å²) in [5.74, 6) is 0. The number of ether oxygens (including phenoxy) is 1. The van der Waals surface area contributed by atoms with Crippen molar-refractivity contribution in [2.75, 3.05) is 9.80 Å². The molecular formula is C49H51N3O2. The Morgan fingerprint density at radius 3 is 1.24 bits per heavy atom. The van der Waals surface area contributed by atoms with Gasteiger partial charge >= 0.3 is 6.09 Å². The number of nitrogens with zero attached hydrogens (tertiary/aromatic N) is 3. The number of anilines is 6. The van der Waals surface area contributed by atoms with E-state index in [0.29, 0.717) is 0 Å². The largest absolute Gasteiger partial charge is 0.443 e. The Labute approximate surface area is 320 Å². The van der Waals surface area contributed by atoms with Crippen LogP contribution in [-0.4, -0.2) is 16.3 Å². The highest BCUT2D eigenvalue weighted by Crippen LogP contribution is 2.42. The number of hydrogen-bond acceptors (Lipinski definition) is 4. The van der Waals surface area contributed by atoms with E-state index in [1.54, 1.807) is 4.57 Å². The Bertz CT molecular complexity index is 2350. The second-order valence-corrected chi connectivity index (χ2v) is 15.0. The van der Waals surface area contributed by atoms with Crippen molar-refractivity contribution < 1.29 is 9.53 Å². The van der Waals surface area contributed by atoms with E-state index in [-0.39, 0.29) is 0 Å². The van der Waals surface area contributed by atoms with Gasteiger partial charge in [-0.25, -0.2) is 9.36 Å². The highest BCUT2D eigenvalue weighted by molar-refractivity contribution is 6.14.